The number of fused-ring (bicyclic) bond motifs is 1. The molecule has 2 aromatic heterocycles. The van der Waals surface area contributed by atoms with E-state index < -0.39 is 0 Å². The Morgan fingerprint density at radius 1 is 1.12 bits per heavy atom. The van der Waals surface area contributed by atoms with Gasteiger partial charge in [-0.15, -0.1) is 0 Å². The van der Waals surface area contributed by atoms with Gasteiger partial charge in [0.15, 0.2) is 5.65 Å². The summed E-state index contributed by atoms with van der Waals surface area (Å²) in [5, 5.41) is 14.0. The summed E-state index contributed by atoms with van der Waals surface area (Å²) in [6, 6.07) is 8.74. The van der Waals surface area contributed by atoms with E-state index in [0.29, 0.717) is 17.0 Å². The fraction of sp³-hybridized carbons (Fsp3) is 0. The first-order valence-electron chi connectivity index (χ1n) is 5.14. The van der Waals surface area contributed by atoms with Gasteiger partial charge in [0.2, 0.25) is 0 Å². The van der Waals surface area contributed by atoms with Crippen LogP contribution in [0.5, 0.6) is 5.75 Å². The van der Waals surface area contributed by atoms with E-state index >= 15 is 0 Å². The molecule has 0 bridgehead atoms. The minimum absolute atomic E-state index is 0.201. The number of nitrogens with two attached hydrogens (primary N) is 1. The van der Waals surface area contributed by atoms with Crippen LogP contribution in [0.25, 0.3) is 16.8 Å². The van der Waals surface area contributed by atoms with E-state index in [0.717, 1.165) is 5.56 Å². The average molecular weight is 226 g/mol. The van der Waals surface area contributed by atoms with Gasteiger partial charge in [-0.25, -0.2) is 4.98 Å². The van der Waals surface area contributed by atoms with Crippen LogP contribution < -0.4 is 5.73 Å². The third-order valence-electron chi connectivity index (χ3n) is 2.62. The predicted molar refractivity (Wildman–Crippen MR) is 64.5 cm³/mol. The molecule has 0 fully saturated rings. The lowest BCUT2D eigenvalue weighted by Gasteiger charge is -2.02. The zero-order valence-electron chi connectivity index (χ0n) is 8.91. The lowest BCUT2D eigenvalue weighted by Crippen LogP contribution is -1.98. The first-order valence-corrected chi connectivity index (χ1v) is 5.14. The van der Waals surface area contributed by atoms with Gasteiger partial charge in [0.05, 0.1) is 11.8 Å². The lowest BCUT2D eigenvalue weighted by molar-refractivity contribution is 0.477. The third kappa shape index (κ3) is 1.40. The number of aromatic hydroxyl groups is 1. The van der Waals surface area contributed by atoms with E-state index in [1.165, 1.54) is 0 Å². The molecule has 3 aromatic rings. The smallest absolute Gasteiger partial charge is 0.165 e. The molecule has 84 valence electrons. The number of hydrogen-bond donors (Lipinski definition) is 2. The Balaban J connectivity index is 2.33. The van der Waals surface area contributed by atoms with Crippen molar-refractivity contribution in [3.8, 4) is 16.9 Å². The number of hydrogen-bond acceptors (Lipinski definition) is 4. The van der Waals surface area contributed by atoms with Gasteiger partial charge < -0.3 is 10.8 Å². The standard InChI is InChI=1S/C12H10N4O/c13-11-5-6-14-12-9(7-15-16(11)12)8-3-1-2-4-10(8)17/h1-7,17H,13H2. The van der Waals surface area contributed by atoms with Crippen LogP contribution in [0.1, 0.15) is 0 Å². The molecule has 0 radical (unpaired) electrons. The molecule has 0 saturated carbocycles. The largest absolute Gasteiger partial charge is 0.507 e. The second-order valence-corrected chi connectivity index (χ2v) is 3.68. The predicted octanol–water partition coefficient (Wildman–Crippen LogP) is 1.68. The van der Waals surface area contributed by atoms with Crippen LogP contribution in [-0.4, -0.2) is 19.7 Å². The van der Waals surface area contributed by atoms with Crippen LogP contribution in [0, 0.1) is 0 Å². The van der Waals surface area contributed by atoms with Crippen LogP contribution in [-0.2, 0) is 0 Å². The first-order chi connectivity index (χ1) is 8.27. The van der Waals surface area contributed by atoms with E-state index in [1.54, 1.807) is 35.1 Å². The fourth-order valence-corrected chi connectivity index (χ4v) is 1.80. The number of benzene rings is 1. The van der Waals surface area contributed by atoms with Crippen molar-refractivity contribution >= 4 is 11.5 Å². The molecule has 0 saturated heterocycles. The van der Waals surface area contributed by atoms with Gasteiger partial charge in [-0.1, -0.05) is 18.2 Å². The Hall–Kier alpha value is -2.56. The highest BCUT2D eigenvalue weighted by Crippen LogP contribution is 2.31. The second kappa shape index (κ2) is 3.48. The number of rotatable bonds is 1. The fourth-order valence-electron chi connectivity index (χ4n) is 1.80. The van der Waals surface area contributed by atoms with Crippen molar-refractivity contribution in [1.82, 2.24) is 14.6 Å². The number of para-hydroxylation sites is 1. The quantitative estimate of drug-likeness (QED) is 0.662. The van der Waals surface area contributed by atoms with Gasteiger partial charge in [-0.2, -0.15) is 9.61 Å². The van der Waals surface area contributed by atoms with Gasteiger partial charge >= 0.3 is 0 Å². The Kier molecular flexibility index (Phi) is 1.98. The number of phenolic OH excluding ortho intramolecular Hbond substituents is 1. The van der Waals surface area contributed by atoms with Gasteiger partial charge in [-0.3, -0.25) is 0 Å². The molecule has 0 aliphatic rings. The van der Waals surface area contributed by atoms with Crippen molar-refractivity contribution in [2.75, 3.05) is 5.73 Å². The minimum Gasteiger partial charge on any atom is -0.507 e. The molecule has 0 amide bonds. The van der Waals surface area contributed by atoms with E-state index in [2.05, 4.69) is 10.1 Å². The summed E-state index contributed by atoms with van der Waals surface area (Å²) in [6.07, 6.45) is 3.27. The summed E-state index contributed by atoms with van der Waals surface area (Å²) in [7, 11) is 0. The molecule has 0 unspecified atom stereocenters. The van der Waals surface area contributed by atoms with Gasteiger partial charge in [-0.05, 0) is 12.1 Å². The molecule has 0 aliphatic carbocycles. The number of aromatic nitrogens is 3. The van der Waals surface area contributed by atoms with Crippen LogP contribution in [0.2, 0.25) is 0 Å². The van der Waals surface area contributed by atoms with Crippen LogP contribution in [0.15, 0.2) is 42.7 Å². The van der Waals surface area contributed by atoms with Crippen LogP contribution in [0.3, 0.4) is 0 Å². The van der Waals surface area contributed by atoms with E-state index in [-0.39, 0.29) is 5.75 Å². The monoisotopic (exact) mass is 226 g/mol. The summed E-state index contributed by atoms with van der Waals surface area (Å²) in [5.41, 5.74) is 7.87. The topological polar surface area (TPSA) is 76.4 Å². The minimum atomic E-state index is 0.201. The van der Waals surface area contributed by atoms with E-state index in [9.17, 15) is 5.11 Å². The van der Waals surface area contributed by atoms with Gasteiger partial charge in [0, 0.05) is 11.8 Å². The Bertz CT molecular complexity index is 690. The lowest BCUT2D eigenvalue weighted by atomic mass is 10.1. The molecule has 5 nitrogen and oxygen atoms in total. The molecule has 2 heterocycles. The maximum atomic E-state index is 9.82. The zero-order chi connectivity index (χ0) is 11.8. The first kappa shape index (κ1) is 9.65. The van der Waals surface area contributed by atoms with Crippen molar-refractivity contribution in [2.45, 2.75) is 0 Å². The van der Waals surface area contributed by atoms with Crippen molar-refractivity contribution in [1.29, 1.82) is 0 Å². The van der Waals surface area contributed by atoms with Crippen LogP contribution >= 0.6 is 0 Å². The van der Waals surface area contributed by atoms with Gasteiger partial charge in [0.25, 0.3) is 0 Å². The molecule has 5 heteroatoms. The summed E-state index contributed by atoms with van der Waals surface area (Å²) in [6.45, 7) is 0. The highest BCUT2D eigenvalue weighted by molar-refractivity contribution is 5.81. The maximum Gasteiger partial charge on any atom is 0.165 e. The highest BCUT2D eigenvalue weighted by Gasteiger charge is 2.11. The molecule has 3 rings (SSSR count). The summed E-state index contributed by atoms with van der Waals surface area (Å²) in [4.78, 5) is 4.23. The molecule has 1 aromatic carbocycles. The normalized spacial score (nSPS) is 10.8. The van der Waals surface area contributed by atoms with Crippen molar-refractivity contribution in [3.05, 3.63) is 42.7 Å². The van der Waals surface area contributed by atoms with E-state index in [4.69, 9.17) is 5.73 Å². The Morgan fingerprint density at radius 2 is 1.94 bits per heavy atom. The van der Waals surface area contributed by atoms with Crippen molar-refractivity contribution in [2.24, 2.45) is 0 Å². The Labute approximate surface area is 97.1 Å². The molecule has 0 atom stereocenters. The van der Waals surface area contributed by atoms with Gasteiger partial charge in [0.1, 0.15) is 11.6 Å². The number of anilines is 1. The number of phenols is 1. The van der Waals surface area contributed by atoms with Crippen molar-refractivity contribution in [3.63, 3.8) is 0 Å². The SMILES string of the molecule is Nc1ccnc2c(-c3ccccc3O)cnn12. The average Bonchev–Trinajstić information content (AvgIpc) is 2.75. The Morgan fingerprint density at radius 3 is 2.76 bits per heavy atom. The number of nitrogen functional groups attached to an aromatic ring is 1. The summed E-state index contributed by atoms with van der Waals surface area (Å²) in [5.74, 6) is 0.711. The summed E-state index contributed by atoms with van der Waals surface area (Å²) < 4.78 is 1.54. The van der Waals surface area contributed by atoms with Crippen molar-refractivity contribution < 1.29 is 5.11 Å². The zero-order valence-corrected chi connectivity index (χ0v) is 8.91. The molecular weight excluding hydrogens is 216 g/mol. The van der Waals surface area contributed by atoms with Crippen LogP contribution in [0.4, 0.5) is 5.82 Å². The maximum absolute atomic E-state index is 9.82. The third-order valence-corrected chi connectivity index (χ3v) is 2.62. The molecule has 17 heavy (non-hydrogen) atoms. The second-order valence-electron chi connectivity index (χ2n) is 3.68. The molecule has 0 aliphatic heterocycles. The number of nitrogens with zero attached hydrogens (tertiary/aromatic N) is 3. The molecule has 0 spiro atoms. The van der Waals surface area contributed by atoms with E-state index in [1.807, 2.05) is 12.1 Å². The highest BCUT2D eigenvalue weighted by atomic mass is 16.3. The summed E-state index contributed by atoms with van der Waals surface area (Å²) >= 11 is 0. The molecule has 3 N–H and O–H groups in total. The molecular formula is C12H10N4O.